The smallest absolute Gasteiger partial charge is 0.222 e. The number of amides is 1. The Balaban J connectivity index is 2.14. The predicted molar refractivity (Wildman–Crippen MR) is 50.7 cm³/mol. The second-order valence-electron chi connectivity index (χ2n) is 3.64. The quantitative estimate of drug-likeness (QED) is 0.620. The molecule has 3 nitrogen and oxygen atoms in total. The fourth-order valence-electron chi connectivity index (χ4n) is 1.91. The van der Waals surface area contributed by atoms with E-state index in [1.54, 1.807) is 0 Å². The minimum atomic E-state index is -0.186. The van der Waals surface area contributed by atoms with Crippen LogP contribution in [0.4, 0.5) is 0 Å². The minimum Gasteiger partial charge on any atom is -0.384 e. The molecule has 0 fully saturated rings. The molecule has 70 valence electrons. The van der Waals surface area contributed by atoms with Gasteiger partial charge in [-0.25, -0.2) is 0 Å². The summed E-state index contributed by atoms with van der Waals surface area (Å²) in [5.41, 5.74) is 7.84. The van der Waals surface area contributed by atoms with Crippen molar-refractivity contribution in [1.29, 1.82) is 0 Å². The summed E-state index contributed by atoms with van der Waals surface area (Å²) in [5.74, 6) is -0.196. The highest BCUT2D eigenvalue weighted by atomic mass is 16.1. The maximum Gasteiger partial charge on any atom is 0.222 e. The summed E-state index contributed by atoms with van der Waals surface area (Å²) in [6, 6.07) is 0. The summed E-state index contributed by atoms with van der Waals surface area (Å²) < 4.78 is 0. The third-order valence-corrected chi connectivity index (χ3v) is 2.71. The molecule has 0 aromatic rings. The van der Waals surface area contributed by atoms with E-state index in [0.717, 1.165) is 19.3 Å². The largest absolute Gasteiger partial charge is 0.384 e. The van der Waals surface area contributed by atoms with Crippen molar-refractivity contribution in [3.05, 3.63) is 23.4 Å². The summed E-state index contributed by atoms with van der Waals surface area (Å²) in [7, 11) is 0. The normalized spacial score (nSPS) is 26.6. The molecule has 2 rings (SSSR count). The molecule has 0 spiro atoms. The number of nitrogens with two attached hydrogens (primary N) is 1. The van der Waals surface area contributed by atoms with Crippen LogP contribution in [0.5, 0.6) is 0 Å². The average molecular weight is 178 g/mol. The van der Waals surface area contributed by atoms with E-state index in [1.165, 1.54) is 11.3 Å². The maximum absolute atomic E-state index is 11.0. The van der Waals surface area contributed by atoms with Gasteiger partial charge in [0.2, 0.25) is 5.91 Å². The van der Waals surface area contributed by atoms with Gasteiger partial charge >= 0.3 is 0 Å². The number of carbonyl (C=O) groups excluding carboxylic acids is 1. The molecule has 1 aliphatic heterocycles. The number of rotatable bonds is 1. The van der Waals surface area contributed by atoms with Crippen LogP contribution in [0.2, 0.25) is 0 Å². The third kappa shape index (κ3) is 1.59. The van der Waals surface area contributed by atoms with E-state index in [9.17, 15) is 4.79 Å². The van der Waals surface area contributed by atoms with Gasteiger partial charge in [-0.2, -0.15) is 0 Å². The van der Waals surface area contributed by atoms with E-state index in [2.05, 4.69) is 17.5 Å². The summed E-state index contributed by atoms with van der Waals surface area (Å²) in [6.07, 6.45) is 7.28. The average Bonchev–Trinajstić information content (AvgIpc) is 2.17. The van der Waals surface area contributed by atoms with Gasteiger partial charge in [0.1, 0.15) is 0 Å². The van der Waals surface area contributed by atoms with Gasteiger partial charge < -0.3 is 11.1 Å². The minimum absolute atomic E-state index is 0.00903. The van der Waals surface area contributed by atoms with Crippen LogP contribution in [0.25, 0.3) is 0 Å². The molecule has 3 heteroatoms. The molecule has 0 saturated carbocycles. The van der Waals surface area contributed by atoms with Gasteiger partial charge in [0.25, 0.3) is 0 Å². The number of carbonyl (C=O) groups is 1. The first-order valence-electron chi connectivity index (χ1n) is 4.69. The van der Waals surface area contributed by atoms with Gasteiger partial charge in [-0.1, -0.05) is 6.08 Å². The van der Waals surface area contributed by atoms with E-state index in [0.29, 0.717) is 6.54 Å². The van der Waals surface area contributed by atoms with Crippen molar-refractivity contribution < 1.29 is 4.79 Å². The monoisotopic (exact) mass is 178 g/mol. The zero-order valence-electron chi connectivity index (χ0n) is 7.55. The second-order valence-corrected chi connectivity index (χ2v) is 3.64. The molecule has 3 N–H and O–H groups in total. The van der Waals surface area contributed by atoms with Gasteiger partial charge in [0.15, 0.2) is 0 Å². The lowest BCUT2D eigenvalue weighted by Crippen LogP contribution is -2.37. The van der Waals surface area contributed by atoms with Crippen LogP contribution in [0.1, 0.15) is 19.3 Å². The maximum atomic E-state index is 11.0. The van der Waals surface area contributed by atoms with Crippen LogP contribution in [-0.4, -0.2) is 12.5 Å². The first-order valence-corrected chi connectivity index (χ1v) is 4.69. The Bertz CT molecular complexity index is 291. The Morgan fingerprint density at radius 3 is 3.23 bits per heavy atom. The van der Waals surface area contributed by atoms with Crippen LogP contribution >= 0.6 is 0 Å². The summed E-state index contributed by atoms with van der Waals surface area (Å²) >= 11 is 0. The number of primary amides is 1. The van der Waals surface area contributed by atoms with E-state index in [4.69, 9.17) is 5.73 Å². The molecule has 0 saturated heterocycles. The third-order valence-electron chi connectivity index (χ3n) is 2.71. The van der Waals surface area contributed by atoms with Crippen molar-refractivity contribution in [3.8, 4) is 0 Å². The highest BCUT2D eigenvalue weighted by Gasteiger charge is 2.23. The molecular weight excluding hydrogens is 164 g/mol. The lowest BCUT2D eigenvalue weighted by Gasteiger charge is -2.27. The molecule has 1 aliphatic carbocycles. The topological polar surface area (TPSA) is 55.1 Å². The Morgan fingerprint density at radius 1 is 1.62 bits per heavy atom. The van der Waals surface area contributed by atoms with E-state index >= 15 is 0 Å². The van der Waals surface area contributed by atoms with Crippen LogP contribution in [0.3, 0.4) is 0 Å². The molecule has 2 aliphatic rings. The summed E-state index contributed by atoms with van der Waals surface area (Å²) in [5, 5.41) is 3.24. The van der Waals surface area contributed by atoms with E-state index in [-0.39, 0.29) is 11.8 Å². The highest BCUT2D eigenvalue weighted by Crippen LogP contribution is 2.27. The molecule has 0 aromatic carbocycles. The summed E-state index contributed by atoms with van der Waals surface area (Å²) in [6.45, 7) is 0.693. The van der Waals surface area contributed by atoms with Gasteiger partial charge in [0.05, 0.1) is 5.92 Å². The molecule has 0 aromatic heterocycles. The first kappa shape index (κ1) is 8.35. The van der Waals surface area contributed by atoms with Crippen LogP contribution in [-0.2, 0) is 4.79 Å². The fraction of sp³-hybridized carbons (Fsp3) is 0.500. The molecular formula is C10H14N2O. The van der Waals surface area contributed by atoms with E-state index < -0.39 is 0 Å². The predicted octanol–water partition coefficient (Wildman–Crippen LogP) is 0.685. The number of allylic oxidation sites excluding steroid dienone is 3. The molecule has 0 bridgehead atoms. The van der Waals surface area contributed by atoms with Crippen molar-refractivity contribution in [1.82, 2.24) is 5.32 Å². The SMILES string of the molecule is NC(=O)C1CNC2=C(CCC=C2)C1. The van der Waals surface area contributed by atoms with E-state index in [1.807, 2.05) is 0 Å². The molecule has 1 unspecified atom stereocenters. The highest BCUT2D eigenvalue weighted by molar-refractivity contribution is 5.77. The number of hydrogen-bond acceptors (Lipinski definition) is 2. The lowest BCUT2D eigenvalue weighted by atomic mass is 9.88. The summed E-state index contributed by atoms with van der Waals surface area (Å²) in [4.78, 5) is 11.0. The zero-order valence-corrected chi connectivity index (χ0v) is 7.55. The second kappa shape index (κ2) is 3.24. The fourth-order valence-corrected chi connectivity index (χ4v) is 1.91. The number of nitrogens with one attached hydrogen (secondary N) is 1. The van der Waals surface area contributed by atoms with Gasteiger partial charge in [-0.05, 0) is 30.9 Å². The zero-order chi connectivity index (χ0) is 9.26. The van der Waals surface area contributed by atoms with Crippen molar-refractivity contribution >= 4 is 5.91 Å². The van der Waals surface area contributed by atoms with Crippen LogP contribution < -0.4 is 11.1 Å². The van der Waals surface area contributed by atoms with Crippen LogP contribution in [0.15, 0.2) is 23.4 Å². The molecule has 1 amide bonds. The standard InChI is InChI=1S/C10H14N2O/c11-10(13)8-5-7-3-1-2-4-9(7)12-6-8/h2,4,8,12H,1,3,5-6H2,(H2,11,13). The van der Waals surface area contributed by atoms with Gasteiger partial charge in [-0.3, -0.25) is 4.79 Å². The Morgan fingerprint density at radius 2 is 2.46 bits per heavy atom. The Labute approximate surface area is 77.7 Å². The van der Waals surface area contributed by atoms with Crippen molar-refractivity contribution in [2.45, 2.75) is 19.3 Å². The van der Waals surface area contributed by atoms with Crippen molar-refractivity contribution in [2.24, 2.45) is 11.7 Å². The van der Waals surface area contributed by atoms with Crippen molar-refractivity contribution in [2.75, 3.05) is 6.54 Å². The molecule has 1 heterocycles. The van der Waals surface area contributed by atoms with Crippen molar-refractivity contribution in [3.63, 3.8) is 0 Å². The Hall–Kier alpha value is -1.25. The van der Waals surface area contributed by atoms with Crippen LogP contribution in [0, 0.1) is 5.92 Å². The molecule has 0 radical (unpaired) electrons. The van der Waals surface area contributed by atoms with Gasteiger partial charge in [0, 0.05) is 12.2 Å². The first-order chi connectivity index (χ1) is 6.27. The van der Waals surface area contributed by atoms with Gasteiger partial charge in [-0.15, -0.1) is 0 Å². The molecule has 1 atom stereocenters. The lowest BCUT2D eigenvalue weighted by molar-refractivity contribution is -0.121. The molecule has 13 heavy (non-hydrogen) atoms. The number of hydrogen-bond donors (Lipinski definition) is 2. The Kier molecular flexibility index (Phi) is 2.08.